The number of benzene rings is 3. The maximum Gasteiger partial charge on any atom is 0.321 e. The molecule has 4 rings (SSSR count). The second-order valence-corrected chi connectivity index (χ2v) is 11.3. The number of hydrogen-bond acceptors (Lipinski definition) is 3. The van der Waals surface area contributed by atoms with Crippen molar-refractivity contribution in [1.29, 1.82) is 0 Å². The van der Waals surface area contributed by atoms with Crippen molar-refractivity contribution < 1.29 is 31.9 Å². The van der Waals surface area contributed by atoms with Gasteiger partial charge in [0.05, 0.1) is 0 Å². The van der Waals surface area contributed by atoms with Gasteiger partial charge in [0.15, 0.2) is 29.1 Å². The van der Waals surface area contributed by atoms with Gasteiger partial charge in [-0.3, -0.25) is 9.59 Å². The quantitative estimate of drug-likeness (QED) is 0.164. The first-order valence-electron chi connectivity index (χ1n) is 15.4. The van der Waals surface area contributed by atoms with Crippen LogP contribution in [0.5, 0.6) is 0 Å². The minimum atomic E-state index is -1.07. The van der Waals surface area contributed by atoms with Crippen LogP contribution in [0.1, 0.15) is 73.9 Å². The maximum absolute atomic E-state index is 13.9. The summed E-state index contributed by atoms with van der Waals surface area (Å²) in [6.07, 6.45) is 6.78. The van der Waals surface area contributed by atoms with Gasteiger partial charge >= 0.3 is 6.03 Å². The molecule has 3 amide bonds. The fourth-order valence-corrected chi connectivity index (χ4v) is 5.14. The maximum atomic E-state index is 13.9. The normalized spacial score (nSPS) is 16.5. The van der Waals surface area contributed by atoms with Crippen molar-refractivity contribution in [3.8, 4) is 0 Å². The molecule has 0 unspecified atom stereocenters. The summed E-state index contributed by atoms with van der Waals surface area (Å²) in [7, 11) is 0. The van der Waals surface area contributed by atoms with Crippen LogP contribution in [0, 0.1) is 23.3 Å². The summed E-state index contributed by atoms with van der Waals surface area (Å²) in [5.74, 6) is -5.05. The molecule has 0 spiro atoms. The molecular formula is C36H37F4N3O3. The van der Waals surface area contributed by atoms with Gasteiger partial charge < -0.3 is 15.5 Å². The van der Waals surface area contributed by atoms with Crippen LogP contribution in [0.2, 0.25) is 0 Å². The largest absolute Gasteiger partial charge is 0.349 e. The number of halogens is 4. The second-order valence-electron chi connectivity index (χ2n) is 11.3. The van der Waals surface area contributed by atoms with Crippen molar-refractivity contribution in [2.24, 2.45) is 0 Å². The van der Waals surface area contributed by atoms with E-state index < -0.39 is 41.0 Å². The standard InChI is InChI=1S/C36H37F4N3O3/c1-3-5-15-43(16-6-4-2)36(46)42-28-11-9-25(10-12-28)35(45)41-29-21-26(17-23-7-13-30(37)32(39)19-23)34(44)27(22-29)18-24-8-14-31(38)33(40)20-24/h7-14,17-20,29H,3-6,15-16,21-22H2,1-2H3,(H,41,45)(H,42,46)/b26-17+,27-18+. The zero-order valence-electron chi connectivity index (χ0n) is 25.8. The van der Waals surface area contributed by atoms with Crippen molar-refractivity contribution in [2.75, 3.05) is 18.4 Å². The molecule has 0 heterocycles. The molecule has 46 heavy (non-hydrogen) atoms. The first kappa shape index (κ1) is 34.1. The third-order valence-corrected chi connectivity index (χ3v) is 7.67. The Kier molecular flexibility index (Phi) is 11.9. The first-order valence-corrected chi connectivity index (χ1v) is 15.4. The Morgan fingerprint density at radius 2 is 1.26 bits per heavy atom. The molecule has 0 saturated heterocycles. The molecule has 1 fully saturated rings. The smallest absolute Gasteiger partial charge is 0.321 e. The average molecular weight is 636 g/mol. The van der Waals surface area contributed by atoms with Gasteiger partial charge in [0, 0.05) is 41.5 Å². The van der Waals surface area contributed by atoms with Crippen LogP contribution in [0.25, 0.3) is 12.2 Å². The lowest BCUT2D eigenvalue weighted by molar-refractivity contribution is -0.113. The Morgan fingerprint density at radius 3 is 1.72 bits per heavy atom. The molecule has 0 bridgehead atoms. The molecule has 0 aliphatic heterocycles. The lowest BCUT2D eigenvalue weighted by Gasteiger charge is -2.27. The summed E-state index contributed by atoms with van der Waals surface area (Å²) in [6.45, 7) is 5.45. The molecule has 10 heteroatoms. The Bertz CT molecular complexity index is 1550. The van der Waals surface area contributed by atoms with E-state index in [1.54, 1.807) is 29.2 Å². The zero-order valence-corrected chi connectivity index (χ0v) is 25.8. The fourth-order valence-electron chi connectivity index (χ4n) is 5.14. The highest BCUT2D eigenvalue weighted by molar-refractivity contribution is 6.14. The Morgan fingerprint density at radius 1 is 0.761 bits per heavy atom. The van der Waals surface area contributed by atoms with Crippen LogP contribution < -0.4 is 10.6 Å². The van der Waals surface area contributed by atoms with Crippen LogP contribution in [0.4, 0.5) is 28.0 Å². The van der Waals surface area contributed by atoms with E-state index in [4.69, 9.17) is 0 Å². The molecule has 242 valence electrons. The Labute approximate surface area is 266 Å². The Hall–Kier alpha value is -4.73. The van der Waals surface area contributed by atoms with Gasteiger partial charge in [-0.25, -0.2) is 22.4 Å². The van der Waals surface area contributed by atoms with E-state index in [1.807, 2.05) is 0 Å². The predicted molar refractivity (Wildman–Crippen MR) is 171 cm³/mol. The highest BCUT2D eigenvalue weighted by atomic mass is 19.2. The van der Waals surface area contributed by atoms with Crippen molar-refractivity contribution in [3.63, 3.8) is 0 Å². The van der Waals surface area contributed by atoms with Crippen LogP contribution in [0.15, 0.2) is 71.8 Å². The van der Waals surface area contributed by atoms with Crippen molar-refractivity contribution in [3.05, 3.63) is 112 Å². The predicted octanol–water partition coefficient (Wildman–Crippen LogP) is 8.31. The van der Waals surface area contributed by atoms with Crippen LogP contribution in [-0.4, -0.2) is 41.8 Å². The number of nitrogens with zero attached hydrogens (tertiary/aromatic N) is 1. The van der Waals surface area contributed by atoms with Crippen LogP contribution in [0.3, 0.4) is 0 Å². The molecule has 1 aliphatic rings. The van der Waals surface area contributed by atoms with Gasteiger partial charge in [0.1, 0.15) is 0 Å². The number of carbonyl (C=O) groups is 3. The van der Waals surface area contributed by atoms with E-state index in [0.29, 0.717) is 24.3 Å². The lowest BCUT2D eigenvalue weighted by atomic mass is 9.83. The zero-order chi connectivity index (χ0) is 33.2. The minimum Gasteiger partial charge on any atom is -0.349 e. The summed E-state index contributed by atoms with van der Waals surface area (Å²) in [6, 6.07) is 12.1. The topological polar surface area (TPSA) is 78.5 Å². The number of Topliss-reactive ketones (excluding diaryl/α,β-unsaturated/α-hetero) is 1. The number of hydrogen-bond donors (Lipinski definition) is 2. The van der Waals surface area contributed by atoms with Gasteiger partial charge in [0.25, 0.3) is 5.91 Å². The van der Waals surface area contributed by atoms with Gasteiger partial charge in [0.2, 0.25) is 0 Å². The number of ketones is 1. The number of carbonyl (C=O) groups excluding carboxylic acids is 3. The Balaban J connectivity index is 1.52. The minimum absolute atomic E-state index is 0.0954. The van der Waals surface area contributed by atoms with E-state index in [2.05, 4.69) is 24.5 Å². The molecule has 2 N–H and O–H groups in total. The number of urea groups is 1. The molecule has 1 saturated carbocycles. The molecule has 3 aromatic rings. The van der Waals surface area contributed by atoms with Gasteiger partial charge in [-0.2, -0.15) is 0 Å². The van der Waals surface area contributed by atoms with Crippen molar-refractivity contribution >= 4 is 35.6 Å². The third-order valence-electron chi connectivity index (χ3n) is 7.67. The monoisotopic (exact) mass is 635 g/mol. The summed E-state index contributed by atoms with van der Waals surface area (Å²) in [5, 5.41) is 5.80. The fraction of sp³-hybridized carbons (Fsp3) is 0.306. The summed E-state index contributed by atoms with van der Waals surface area (Å²) in [5.41, 5.74) is 1.82. The van der Waals surface area contributed by atoms with E-state index in [0.717, 1.165) is 49.9 Å². The van der Waals surface area contributed by atoms with E-state index >= 15 is 0 Å². The number of nitrogens with one attached hydrogen (secondary N) is 2. The SMILES string of the molecule is CCCCN(CCCC)C(=O)Nc1ccc(C(=O)NC2C/C(=C\c3ccc(F)c(F)c3)C(=O)/C(=C/c3ccc(F)c(F)c3)C2)cc1. The number of unbranched alkanes of at least 4 members (excludes halogenated alkanes) is 2. The van der Waals surface area contributed by atoms with Crippen molar-refractivity contribution in [1.82, 2.24) is 10.2 Å². The third kappa shape index (κ3) is 9.15. The van der Waals surface area contributed by atoms with Crippen LogP contribution in [-0.2, 0) is 4.79 Å². The molecule has 3 aromatic carbocycles. The van der Waals surface area contributed by atoms with Gasteiger partial charge in [-0.05, 0) is 97.5 Å². The molecule has 6 nitrogen and oxygen atoms in total. The van der Waals surface area contributed by atoms with Crippen molar-refractivity contribution in [2.45, 2.75) is 58.4 Å². The molecular weight excluding hydrogens is 598 g/mol. The van der Waals surface area contributed by atoms with Crippen LogP contribution >= 0.6 is 0 Å². The summed E-state index contributed by atoms with van der Waals surface area (Å²) < 4.78 is 54.8. The average Bonchev–Trinajstić information content (AvgIpc) is 3.03. The van der Waals surface area contributed by atoms with E-state index in [-0.39, 0.29) is 41.1 Å². The highest BCUT2D eigenvalue weighted by Crippen LogP contribution is 2.30. The second kappa shape index (κ2) is 16.0. The van der Waals surface area contributed by atoms with Gasteiger partial charge in [-0.15, -0.1) is 0 Å². The molecule has 1 aliphatic carbocycles. The van der Waals surface area contributed by atoms with E-state index in [1.165, 1.54) is 24.3 Å². The lowest BCUT2D eigenvalue weighted by Crippen LogP contribution is -2.39. The summed E-state index contributed by atoms with van der Waals surface area (Å²) >= 11 is 0. The molecule has 0 atom stereocenters. The van der Waals surface area contributed by atoms with Gasteiger partial charge in [-0.1, -0.05) is 38.8 Å². The highest BCUT2D eigenvalue weighted by Gasteiger charge is 2.29. The first-order chi connectivity index (χ1) is 22.1. The number of rotatable bonds is 11. The van der Waals surface area contributed by atoms with E-state index in [9.17, 15) is 31.9 Å². The number of anilines is 1. The molecule has 0 aromatic heterocycles. The summed E-state index contributed by atoms with van der Waals surface area (Å²) in [4.78, 5) is 41.3. The molecule has 0 radical (unpaired) electrons. The number of amides is 3.